The number of halogens is 1. The predicted molar refractivity (Wildman–Crippen MR) is 65.9 cm³/mol. The second-order valence-corrected chi connectivity index (χ2v) is 4.61. The van der Waals surface area contributed by atoms with Gasteiger partial charge in [0.1, 0.15) is 6.33 Å². The molecule has 18 heavy (non-hydrogen) atoms. The first kappa shape index (κ1) is 13.0. The Labute approximate surface area is 109 Å². The zero-order valence-electron chi connectivity index (χ0n) is 10.0. The zero-order chi connectivity index (χ0) is 13.3. The van der Waals surface area contributed by atoms with Gasteiger partial charge in [-0.2, -0.15) is 0 Å². The van der Waals surface area contributed by atoms with E-state index in [-0.39, 0.29) is 28.9 Å². The Kier molecular flexibility index (Phi) is 3.63. The minimum Gasteiger partial charge on any atom is -0.372 e. The van der Waals surface area contributed by atoms with Crippen LogP contribution in [0.5, 0.6) is 0 Å². The Morgan fingerprint density at radius 1 is 1.44 bits per heavy atom. The van der Waals surface area contributed by atoms with E-state index >= 15 is 0 Å². The summed E-state index contributed by atoms with van der Waals surface area (Å²) in [4.78, 5) is 19.9. The molecule has 98 valence electrons. The van der Waals surface area contributed by atoms with Gasteiger partial charge in [-0.3, -0.25) is 10.1 Å². The Morgan fingerprint density at radius 2 is 2.06 bits per heavy atom. The van der Waals surface area contributed by atoms with Crippen molar-refractivity contribution in [2.24, 2.45) is 0 Å². The molecular weight excluding hydrogens is 260 g/mol. The lowest BCUT2D eigenvalue weighted by molar-refractivity contribution is -0.384. The van der Waals surface area contributed by atoms with Crippen molar-refractivity contribution in [3.63, 3.8) is 0 Å². The fourth-order valence-corrected chi connectivity index (χ4v) is 2.29. The molecule has 2 rings (SSSR count). The highest BCUT2D eigenvalue weighted by atomic mass is 35.5. The van der Waals surface area contributed by atoms with Gasteiger partial charge in [0.15, 0.2) is 0 Å². The van der Waals surface area contributed by atoms with Gasteiger partial charge in [0.25, 0.3) is 0 Å². The molecule has 1 aromatic rings. The Hall–Kier alpha value is -1.47. The third-order valence-corrected chi connectivity index (χ3v) is 2.94. The highest BCUT2D eigenvalue weighted by Gasteiger charge is 2.30. The summed E-state index contributed by atoms with van der Waals surface area (Å²) in [5, 5.41) is 10.9. The van der Waals surface area contributed by atoms with Crippen molar-refractivity contribution in [3.8, 4) is 0 Å². The molecule has 7 nitrogen and oxygen atoms in total. The first-order valence-electron chi connectivity index (χ1n) is 5.54. The van der Waals surface area contributed by atoms with Crippen molar-refractivity contribution in [1.29, 1.82) is 0 Å². The van der Waals surface area contributed by atoms with E-state index in [9.17, 15) is 10.1 Å². The molecule has 0 aromatic carbocycles. The van der Waals surface area contributed by atoms with Crippen molar-refractivity contribution in [2.75, 3.05) is 18.0 Å². The first-order valence-corrected chi connectivity index (χ1v) is 5.92. The molecule has 1 aliphatic rings. The molecule has 2 heterocycles. The summed E-state index contributed by atoms with van der Waals surface area (Å²) < 4.78 is 5.58. The largest absolute Gasteiger partial charge is 0.372 e. The smallest absolute Gasteiger partial charge is 0.348 e. The van der Waals surface area contributed by atoms with Gasteiger partial charge >= 0.3 is 5.69 Å². The van der Waals surface area contributed by atoms with E-state index < -0.39 is 4.92 Å². The molecule has 0 bridgehead atoms. The number of morpholine rings is 1. The molecule has 1 saturated heterocycles. The molecular formula is C10H13ClN4O3. The molecule has 0 spiro atoms. The molecule has 1 fully saturated rings. The number of hydrogen-bond donors (Lipinski definition) is 0. The highest BCUT2D eigenvalue weighted by Crippen LogP contribution is 2.32. The van der Waals surface area contributed by atoms with Crippen LogP contribution in [0.4, 0.5) is 11.5 Å². The molecule has 0 radical (unpaired) electrons. The van der Waals surface area contributed by atoms with Crippen molar-refractivity contribution in [3.05, 3.63) is 21.6 Å². The van der Waals surface area contributed by atoms with Crippen LogP contribution in [0.3, 0.4) is 0 Å². The van der Waals surface area contributed by atoms with E-state index in [1.54, 1.807) is 0 Å². The number of nitro groups is 1. The standard InChI is InChI=1S/C10H13ClN4O3/c1-6-3-14(4-7(2)18-6)10-8(15(16)17)9(11)12-5-13-10/h5-7H,3-4H2,1-2H3/t6-,7+. The van der Waals surface area contributed by atoms with Crippen LogP contribution in [-0.4, -0.2) is 40.2 Å². The quantitative estimate of drug-likeness (QED) is 0.463. The predicted octanol–water partition coefficient (Wildman–Crippen LogP) is 1.65. The van der Waals surface area contributed by atoms with Crippen LogP contribution in [0.1, 0.15) is 13.8 Å². The van der Waals surface area contributed by atoms with E-state index in [4.69, 9.17) is 16.3 Å². The number of ether oxygens (including phenoxy) is 1. The van der Waals surface area contributed by atoms with Crippen LogP contribution in [0.2, 0.25) is 5.15 Å². The zero-order valence-corrected chi connectivity index (χ0v) is 10.8. The molecule has 0 amide bonds. The average Bonchev–Trinajstić information content (AvgIpc) is 2.26. The van der Waals surface area contributed by atoms with Gasteiger partial charge in [-0.25, -0.2) is 9.97 Å². The molecule has 1 aromatic heterocycles. The minimum atomic E-state index is -0.553. The van der Waals surface area contributed by atoms with Crippen LogP contribution < -0.4 is 4.90 Å². The maximum atomic E-state index is 11.0. The summed E-state index contributed by atoms with van der Waals surface area (Å²) >= 11 is 5.77. The molecule has 0 unspecified atom stereocenters. The lowest BCUT2D eigenvalue weighted by atomic mass is 10.2. The minimum absolute atomic E-state index is 0.0119. The van der Waals surface area contributed by atoms with Crippen LogP contribution in [0, 0.1) is 10.1 Å². The van der Waals surface area contributed by atoms with Crippen molar-refractivity contribution >= 4 is 23.1 Å². The van der Waals surface area contributed by atoms with Crippen molar-refractivity contribution in [1.82, 2.24) is 9.97 Å². The van der Waals surface area contributed by atoms with Gasteiger partial charge in [0.2, 0.25) is 11.0 Å². The highest BCUT2D eigenvalue weighted by molar-refractivity contribution is 6.31. The van der Waals surface area contributed by atoms with Crippen LogP contribution >= 0.6 is 11.6 Å². The summed E-state index contributed by atoms with van der Waals surface area (Å²) in [6.07, 6.45) is 1.21. The summed E-state index contributed by atoms with van der Waals surface area (Å²) in [5.41, 5.74) is -0.250. The lowest BCUT2D eigenvalue weighted by Gasteiger charge is -2.35. The lowest BCUT2D eigenvalue weighted by Crippen LogP contribution is -2.46. The molecule has 8 heteroatoms. The maximum Gasteiger partial charge on any atom is 0.348 e. The normalized spacial score (nSPS) is 24.1. The van der Waals surface area contributed by atoms with Crippen molar-refractivity contribution in [2.45, 2.75) is 26.1 Å². The number of aromatic nitrogens is 2. The maximum absolute atomic E-state index is 11.0. The van der Waals surface area contributed by atoms with Gasteiger partial charge in [-0.15, -0.1) is 0 Å². The van der Waals surface area contributed by atoms with Crippen LogP contribution in [-0.2, 0) is 4.74 Å². The Bertz CT molecular complexity index is 460. The number of rotatable bonds is 2. The summed E-state index contributed by atoms with van der Waals surface area (Å²) in [6.45, 7) is 4.91. The number of anilines is 1. The molecule has 2 atom stereocenters. The van der Waals surface area contributed by atoms with E-state index in [2.05, 4.69) is 9.97 Å². The van der Waals surface area contributed by atoms with Gasteiger partial charge in [-0.05, 0) is 13.8 Å². The van der Waals surface area contributed by atoms with Gasteiger partial charge in [-0.1, -0.05) is 11.6 Å². The second-order valence-electron chi connectivity index (χ2n) is 4.26. The molecule has 0 N–H and O–H groups in total. The van der Waals surface area contributed by atoms with E-state index in [1.807, 2.05) is 18.7 Å². The Balaban J connectivity index is 2.38. The summed E-state index contributed by atoms with van der Waals surface area (Å²) in [7, 11) is 0. The van der Waals surface area contributed by atoms with E-state index in [1.165, 1.54) is 6.33 Å². The van der Waals surface area contributed by atoms with Crippen LogP contribution in [0.15, 0.2) is 6.33 Å². The summed E-state index contributed by atoms with van der Waals surface area (Å²) in [5.74, 6) is 0.252. The Morgan fingerprint density at radius 3 is 2.61 bits per heavy atom. The molecule has 0 aliphatic carbocycles. The monoisotopic (exact) mass is 272 g/mol. The second kappa shape index (κ2) is 5.03. The third kappa shape index (κ3) is 2.51. The number of hydrogen-bond acceptors (Lipinski definition) is 6. The SMILES string of the molecule is C[C@@H]1CN(c2ncnc(Cl)c2[N+](=O)[O-])C[C@H](C)O1. The fourth-order valence-electron chi connectivity index (χ4n) is 2.09. The first-order chi connectivity index (χ1) is 8.49. The average molecular weight is 273 g/mol. The fraction of sp³-hybridized carbons (Fsp3) is 0.600. The summed E-state index contributed by atoms with van der Waals surface area (Å²) in [6, 6.07) is 0. The number of nitrogens with zero attached hydrogens (tertiary/aromatic N) is 4. The van der Waals surface area contributed by atoms with E-state index in [0.29, 0.717) is 13.1 Å². The van der Waals surface area contributed by atoms with E-state index in [0.717, 1.165) is 0 Å². The van der Waals surface area contributed by atoms with Crippen molar-refractivity contribution < 1.29 is 9.66 Å². The van der Waals surface area contributed by atoms with Gasteiger partial charge in [0.05, 0.1) is 17.1 Å². The molecule has 1 aliphatic heterocycles. The van der Waals surface area contributed by atoms with Crippen LogP contribution in [0.25, 0.3) is 0 Å². The van der Waals surface area contributed by atoms with Gasteiger partial charge < -0.3 is 9.64 Å². The third-order valence-electron chi connectivity index (χ3n) is 2.66. The van der Waals surface area contributed by atoms with Gasteiger partial charge in [0, 0.05) is 13.1 Å². The topological polar surface area (TPSA) is 81.4 Å². The molecule has 0 saturated carbocycles.